The van der Waals surface area contributed by atoms with E-state index in [1.54, 1.807) is 0 Å². The topological polar surface area (TPSA) is 32.5 Å². The van der Waals surface area contributed by atoms with Crippen LogP contribution in [-0.2, 0) is 6.42 Å². The number of rotatable bonds is 9. The molecule has 1 unspecified atom stereocenters. The molecular formula is C18H33N3. The normalized spacial score (nSPS) is 14.2. The zero-order valence-electron chi connectivity index (χ0n) is 14.5. The first kappa shape index (κ1) is 18.0. The molecular weight excluding hydrogens is 258 g/mol. The summed E-state index contributed by atoms with van der Waals surface area (Å²) in [6.07, 6.45) is 3.36. The standard InChI is InChI=1S/C18H33N3/c1-6-12-21(13-7-2)18(3,15-19)14-16-8-10-17(11-9-16)20(4)5/h8-11H,6-7,12-15,19H2,1-5H3. The number of hydrogen-bond donors (Lipinski definition) is 1. The average Bonchev–Trinajstić information content (AvgIpc) is 2.47. The molecule has 3 nitrogen and oxygen atoms in total. The molecule has 0 radical (unpaired) electrons. The number of hydrogen-bond acceptors (Lipinski definition) is 3. The number of nitrogens with two attached hydrogens (primary N) is 1. The van der Waals surface area contributed by atoms with Crippen molar-refractivity contribution in [1.29, 1.82) is 0 Å². The van der Waals surface area contributed by atoms with Gasteiger partial charge in [-0.2, -0.15) is 0 Å². The third kappa shape index (κ3) is 5.01. The van der Waals surface area contributed by atoms with Crippen molar-refractivity contribution in [3.63, 3.8) is 0 Å². The molecule has 0 saturated carbocycles. The maximum Gasteiger partial charge on any atom is 0.0361 e. The number of benzene rings is 1. The highest BCUT2D eigenvalue weighted by Crippen LogP contribution is 2.22. The molecule has 1 aromatic rings. The van der Waals surface area contributed by atoms with Gasteiger partial charge in [0.25, 0.3) is 0 Å². The third-order valence-electron chi connectivity index (χ3n) is 4.23. The van der Waals surface area contributed by atoms with E-state index in [1.807, 2.05) is 0 Å². The van der Waals surface area contributed by atoms with Gasteiger partial charge in [-0.25, -0.2) is 0 Å². The van der Waals surface area contributed by atoms with Gasteiger partial charge in [-0.3, -0.25) is 4.90 Å². The van der Waals surface area contributed by atoms with Crippen LogP contribution in [0.2, 0.25) is 0 Å². The molecule has 2 N–H and O–H groups in total. The number of anilines is 1. The Bertz CT molecular complexity index is 393. The first-order valence-electron chi connectivity index (χ1n) is 8.18. The van der Waals surface area contributed by atoms with Crippen LogP contribution < -0.4 is 10.6 Å². The molecule has 0 saturated heterocycles. The van der Waals surface area contributed by atoms with Crippen molar-refractivity contribution in [3.8, 4) is 0 Å². The molecule has 3 heteroatoms. The van der Waals surface area contributed by atoms with Gasteiger partial charge < -0.3 is 10.6 Å². The molecule has 120 valence electrons. The van der Waals surface area contributed by atoms with Gasteiger partial charge in [0.1, 0.15) is 0 Å². The van der Waals surface area contributed by atoms with E-state index in [4.69, 9.17) is 5.73 Å². The lowest BCUT2D eigenvalue weighted by molar-refractivity contribution is 0.110. The lowest BCUT2D eigenvalue weighted by Gasteiger charge is -2.41. The van der Waals surface area contributed by atoms with E-state index in [1.165, 1.54) is 24.1 Å². The van der Waals surface area contributed by atoms with E-state index in [0.717, 1.165) is 19.5 Å². The van der Waals surface area contributed by atoms with Crippen LogP contribution in [0.1, 0.15) is 39.2 Å². The van der Waals surface area contributed by atoms with Gasteiger partial charge in [0.05, 0.1) is 0 Å². The summed E-state index contributed by atoms with van der Waals surface area (Å²) >= 11 is 0. The Morgan fingerprint density at radius 3 is 1.90 bits per heavy atom. The van der Waals surface area contributed by atoms with E-state index in [-0.39, 0.29) is 5.54 Å². The molecule has 0 bridgehead atoms. The van der Waals surface area contributed by atoms with Gasteiger partial charge in [0, 0.05) is 31.9 Å². The van der Waals surface area contributed by atoms with Crippen LogP contribution in [0.4, 0.5) is 5.69 Å². The summed E-state index contributed by atoms with van der Waals surface area (Å²) in [5.74, 6) is 0. The highest BCUT2D eigenvalue weighted by molar-refractivity contribution is 5.46. The largest absolute Gasteiger partial charge is 0.378 e. The molecule has 1 atom stereocenters. The van der Waals surface area contributed by atoms with Crippen molar-refractivity contribution in [2.75, 3.05) is 38.6 Å². The fraction of sp³-hybridized carbons (Fsp3) is 0.667. The summed E-state index contributed by atoms with van der Waals surface area (Å²) in [4.78, 5) is 4.69. The van der Waals surface area contributed by atoms with Crippen LogP contribution in [0.3, 0.4) is 0 Å². The molecule has 0 fully saturated rings. The van der Waals surface area contributed by atoms with Crippen molar-refractivity contribution >= 4 is 5.69 Å². The summed E-state index contributed by atoms with van der Waals surface area (Å²) in [5.41, 5.74) is 8.80. The van der Waals surface area contributed by atoms with Crippen molar-refractivity contribution in [3.05, 3.63) is 29.8 Å². The molecule has 0 aliphatic rings. The first-order chi connectivity index (χ1) is 9.96. The maximum atomic E-state index is 6.14. The Balaban J connectivity index is 2.87. The monoisotopic (exact) mass is 291 g/mol. The Labute approximate surface area is 131 Å². The molecule has 0 amide bonds. The van der Waals surface area contributed by atoms with Gasteiger partial charge in [0.2, 0.25) is 0 Å². The van der Waals surface area contributed by atoms with Crippen molar-refractivity contribution in [2.24, 2.45) is 5.73 Å². The van der Waals surface area contributed by atoms with Gasteiger partial charge in [-0.05, 0) is 57.0 Å². The third-order valence-corrected chi connectivity index (χ3v) is 4.23. The van der Waals surface area contributed by atoms with Crippen LogP contribution >= 0.6 is 0 Å². The van der Waals surface area contributed by atoms with Gasteiger partial charge >= 0.3 is 0 Å². The summed E-state index contributed by atoms with van der Waals surface area (Å²) < 4.78 is 0. The second-order valence-electron chi connectivity index (χ2n) is 6.43. The van der Waals surface area contributed by atoms with Gasteiger partial charge in [0.15, 0.2) is 0 Å². The Morgan fingerprint density at radius 2 is 1.52 bits per heavy atom. The van der Waals surface area contributed by atoms with Crippen LogP contribution in [-0.4, -0.2) is 44.2 Å². The number of nitrogens with zero attached hydrogens (tertiary/aromatic N) is 2. The zero-order chi connectivity index (χ0) is 15.9. The Hall–Kier alpha value is -1.06. The minimum atomic E-state index is 0.0473. The SMILES string of the molecule is CCCN(CCC)C(C)(CN)Cc1ccc(N(C)C)cc1. The second-order valence-corrected chi connectivity index (χ2v) is 6.43. The predicted octanol–water partition coefficient (Wildman–Crippen LogP) is 3.13. The molecule has 0 aromatic heterocycles. The highest BCUT2D eigenvalue weighted by atomic mass is 15.2. The van der Waals surface area contributed by atoms with Crippen LogP contribution in [0.15, 0.2) is 24.3 Å². The smallest absolute Gasteiger partial charge is 0.0361 e. The summed E-state index contributed by atoms with van der Waals surface area (Å²) in [5, 5.41) is 0. The molecule has 0 spiro atoms. The minimum absolute atomic E-state index is 0.0473. The zero-order valence-corrected chi connectivity index (χ0v) is 14.5. The van der Waals surface area contributed by atoms with Crippen molar-refractivity contribution in [2.45, 2.75) is 45.6 Å². The Morgan fingerprint density at radius 1 is 1.00 bits per heavy atom. The lowest BCUT2D eigenvalue weighted by atomic mass is 9.90. The van der Waals surface area contributed by atoms with Gasteiger partial charge in [-0.15, -0.1) is 0 Å². The molecule has 0 aliphatic heterocycles. The predicted molar refractivity (Wildman–Crippen MR) is 94.1 cm³/mol. The maximum absolute atomic E-state index is 6.14. The average molecular weight is 291 g/mol. The van der Waals surface area contributed by atoms with Gasteiger partial charge in [-0.1, -0.05) is 26.0 Å². The van der Waals surface area contributed by atoms with Crippen LogP contribution in [0.25, 0.3) is 0 Å². The molecule has 1 rings (SSSR count). The van der Waals surface area contributed by atoms with E-state index in [9.17, 15) is 0 Å². The second kappa shape index (κ2) is 8.40. The van der Waals surface area contributed by atoms with Crippen LogP contribution in [0, 0.1) is 0 Å². The molecule has 0 heterocycles. The molecule has 0 aliphatic carbocycles. The van der Waals surface area contributed by atoms with E-state index >= 15 is 0 Å². The van der Waals surface area contributed by atoms with Crippen molar-refractivity contribution < 1.29 is 0 Å². The van der Waals surface area contributed by atoms with E-state index in [2.05, 4.69) is 68.9 Å². The van der Waals surface area contributed by atoms with E-state index in [0.29, 0.717) is 6.54 Å². The lowest BCUT2D eigenvalue weighted by Crippen LogP contribution is -2.53. The fourth-order valence-electron chi connectivity index (χ4n) is 2.86. The van der Waals surface area contributed by atoms with Crippen molar-refractivity contribution in [1.82, 2.24) is 4.90 Å². The first-order valence-corrected chi connectivity index (χ1v) is 8.18. The quantitative estimate of drug-likeness (QED) is 0.758. The summed E-state index contributed by atoms with van der Waals surface area (Å²) in [7, 11) is 4.15. The Kier molecular flexibility index (Phi) is 7.20. The van der Waals surface area contributed by atoms with E-state index < -0.39 is 0 Å². The summed E-state index contributed by atoms with van der Waals surface area (Å²) in [6, 6.07) is 8.85. The highest BCUT2D eigenvalue weighted by Gasteiger charge is 2.29. The fourth-order valence-corrected chi connectivity index (χ4v) is 2.86. The summed E-state index contributed by atoms with van der Waals surface area (Å²) in [6.45, 7) is 9.73. The minimum Gasteiger partial charge on any atom is -0.378 e. The molecule has 1 aromatic carbocycles. The molecule has 21 heavy (non-hydrogen) atoms. The van der Waals surface area contributed by atoms with Crippen LogP contribution in [0.5, 0.6) is 0 Å².